The van der Waals surface area contributed by atoms with Crippen molar-refractivity contribution in [2.24, 2.45) is 0 Å². The van der Waals surface area contributed by atoms with Crippen molar-refractivity contribution in [3.05, 3.63) is 77.5 Å². The van der Waals surface area contributed by atoms with E-state index >= 15 is 0 Å². The molecule has 1 fully saturated rings. The van der Waals surface area contributed by atoms with Gasteiger partial charge in [-0.15, -0.1) is 0 Å². The van der Waals surface area contributed by atoms with E-state index in [0.717, 1.165) is 36.2 Å². The van der Waals surface area contributed by atoms with Gasteiger partial charge in [0.15, 0.2) is 0 Å². The summed E-state index contributed by atoms with van der Waals surface area (Å²) in [5.41, 5.74) is 4.47. The Morgan fingerprint density at radius 2 is 1.83 bits per heavy atom. The van der Waals surface area contributed by atoms with Crippen molar-refractivity contribution in [2.45, 2.75) is 38.0 Å². The summed E-state index contributed by atoms with van der Waals surface area (Å²) in [5, 5.41) is 0. The summed E-state index contributed by atoms with van der Waals surface area (Å²) < 4.78 is 21.5. The first-order chi connectivity index (χ1) is 17.5. The van der Waals surface area contributed by atoms with Gasteiger partial charge in [-0.2, -0.15) is 0 Å². The molecule has 1 aromatic heterocycles. The summed E-state index contributed by atoms with van der Waals surface area (Å²) >= 11 is 0. The van der Waals surface area contributed by atoms with Crippen LogP contribution in [0.15, 0.2) is 65.7 Å². The SMILES string of the molecule is CCCCc1ccc(NS(=O)c2ccc(C)c(C(=O)N3CCN(c4cccnc4OC)CC3)c2)cc1. The quantitative estimate of drug-likeness (QED) is 0.450. The largest absolute Gasteiger partial charge is 0.480 e. The first-order valence-electron chi connectivity index (χ1n) is 12.4. The van der Waals surface area contributed by atoms with Gasteiger partial charge in [0, 0.05) is 43.6 Å². The molecular formula is C28H34N4O3S. The molecule has 3 aromatic rings. The second kappa shape index (κ2) is 12.0. The van der Waals surface area contributed by atoms with Gasteiger partial charge in [-0.1, -0.05) is 31.5 Å². The van der Waals surface area contributed by atoms with Crippen LogP contribution in [0, 0.1) is 6.92 Å². The minimum atomic E-state index is -1.47. The average molecular weight is 507 g/mol. The number of rotatable bonds is 9. The first kappa shape index (κ1) is 25.7. The van der Waals surface area contributed by atoms with Crippen LogP contribution in [0.3, 0.4) is 0 Å². The number of nitrogens with one attached hydrogen (secondary N) is 1. The highest BCUT2D eigenvalue weighted by molar-refractivity contribution is 7.86. The topological polar surface area (TPSA) is 74.8 Å². The molecule has 1 N–H and O–H groups in total. The zero-order valence-corrected chi connectivity index (χ0v) is 22.0. The smallest absolute Gasteiger partial charge is 0.254 e. The number of carbonyl (C=O) groups is 1. The Morgan fingerprint density at radius 1 is 1.08 bits per heavy atom. The third-order valence-electron chi connectivity index (χ3n) is 6.49. The van der Waals surface area contributed by atoms with Crippen molar-refractivity contribution in [3.8, 4) is 5.88 Å². The molecule has 1 atom stereocenters. The van der Waals surface area contributed by atoms with Gasteiger partial charge in [0.05, 0.1) is 17.7 Å². The Bertz CT molecular complexity index is 1210. The molecule has 0 bridgehead atoms. The van der Waals surface area contributed by atoms with Gasteiger partial charge in [-0.05, 0) is 67.3 Å². The number of carbonyl (C=O) groups excluding carboxylic acids is 1. The van der Waals surface area contributed by atoms with Crippen molar-refractivity contribution >= 4 is 28.3 Å². The molecule has 0 spiro atoms. The zero-order valence-electron chi connectivity index (χ0n) is 21.2. The van der Waals surface area contributed by atoms with Crippen LogP contribution in [0.2, 0.25) is 0 Å². The first-order valence-corrected chi connectivity index (χ1v) is 13.6. The highest BCUT2D eigenvalue weighted by Gasteiger charge is 2.25. The lowest BCUT2D eigenvalue weighted by atomic mass is 10.1. The standard InChI is InChI=1S/C28H34N4O3S/c1-4-5-7-22-10-12-23(13-11-22)30-36(34)24-14-9-21(2)25(20-24)28(33)32-18-16-31(17-19-32)26-8-6-15-29-27(26)35-3/h6,8-15,20,30H,4-5,7,16-19H2,1-3H3. The lowest BCUT2D eigenvalue weighted by Gasteiger charge is -2.36. The zero-order chi connectivity index (χ0) is 25.5. The Hall–Kier alpha value is -3.39. The number of amides is 1. The van der Waals surface area contributed by atoms with E-state index in [0.29, 0.717) is 42.5 Å². The summed E-state index contributed by atoms with van der Waals surface area (Å²) in [6, 6.07) is 17.4. The van der Waals surface area contributed by atoms with Crippen molar-refractivity contribution in [3.63, 3.8) is 0 Å². The monoisotopic (exact) mass is 506 g/mol. The molecule has 2 aromatic carbocycles. The predicted molar refractivity (Wildman–Crippen MR) is 145 cm³/mol. The molecule has 1 amide bonds. The van der Waals surface area contributed by atoms with Crippen molar-refractivity contribution < 1.29 is 13.7 Å². The summed E-state index contributed by atoms with van der Waals surface area (Å²) in [5.74, 6) is 0.552. The van der Waals surface area contributed by atoms with E-state index in [4.69, 9.17) is 4.74 Å². The van der Waals surface area contributed by atoms with E-state index in [9.17, 15) is 9.00 Å². The van der Waals surface area contributed by atoms with E-state index in [-0.39, 0.29) is 5.91 Å². The van der Waals surface area contributed by atoms with Gasteiger partial charge in [0.25, 0.3) is 5.91 Å². The molecule has 0 saturated carbocycles. The number of piperazine rings is 1. The van der Waals surface area contributed by atoms with Crippen LogP contribution in [0.5, 0.6) is 5.88 Å². The molecule has 36 heavy (non-hydrogen) atoms. The Balaban J connectivity index is 1.41. The molecule has 1 aliphatic heterocycles. The normalized spacial score (nSPS) is 14.4. The average Bonchev–Trinajstić information content (AvgIpc) is 2.92. The van der Waals surface area contributed by atoms with Crippen LogP contribution in [-0.2, 0) is 17.4 Å². The number of nitrogens with zero attached hydrogens (tertiary/aromatic N) is 3. The number of anilines is 2. The van der Waals surface area contributed by atoms with E-state index in [1.807, 2.05) is 48.2 Å². The Kier molecular flexibility index (Phi) is 8.59. The second-order valence-corrected chi connectivity index (χ2v) is 10.2. The van der Waals surface area contributed by atoms with Crippen LogP contribution in [0.1, 0.15) is 41.3 Å². The number of aromatic nitrogens is 1. The third kappa shape index (κ3) is 6.05. The number of hydrogen-bond acceptors (Lipinski definition) is 5. The lowest BCUT2D eigenvalue weighted by Crippen LogP contribution is -2.49. The van der Waals surface area contributed by atoms with Crippen molar-refractivity contribution in [1.29, 1.82) is 0 Å². The van der Waals surface area contributed by atoms with Gasteiger partial charge in [0.2, 0.25) is 5.88 Å². The number of hydrogen-bond donors (Lipinski definition) is 1. The highest BCUT2D eigenvalue weighted by atomic mass is 32.2. The minimum absolute atomic E-state index is 0.0376. The van der Waals surface area contributed by atoms with E-state index < -0.39 is 11.0 Å². The summed E-state index contributed by atoms with van der Waals surface area (Å²) in [6.07, 6.45) is 5.08. The maximum Gasteiger partial charge on any atom is 0.254 e. The van der Waals surface area contributed by atoms with Crippen LogP contribution in [0.25, 0.3) is 0 Å². The molecule has 190 valence electrons. The molecule has 0 aliphatic carbocycles. The third-order valence-corrected chi connectivity index (χ3v) is 7.59. The number of benzene rings is 2. The van der Waals surface area contributed by atoms with E-state index in [2.05, 4.69) is 33.7 Å². The molecule has 4 rings (SSSR count). The lowest BCUT2D eigenvalue weighted by molar-refractivity contribution is 0.0745. The fraction of sp³-hybridized carbons (Fsp3) is 0.357. The fourth-order valence-corrected chi connectivity index (χ4v) is 5.22. The maximum atomic E-state index is 13.4. The summed E-state index contributed by atoms with van der Waals surface area (Å²) in [4.78, 5) is 22.3. The Labute approximate surface area is 216 Å². The molecule has 8 heteroatoms. The number of aryl methyl sites for hydroxylation is 2. The van der Waals surface area contributed by atoms with Gasteiger partial charge in [-0.3, -0.25) is 4.79 Å². The fourth-order valence-electron chi connectivity index (χ4n) is 4.33. The van der Waals surface area contributed by atoms with E-state index in [1.54, 1.807) is 19.4 Å². The van der Waals surface area contributed by atoms with E-state index in [1.165, 1.54) is 5.56 Å². The molecular weight excluding hydrogens is 472 g/mol. The van der Waals surface area contributed by atoms with Gasteiger partial charge < -0.3 is 19.3 Å². The molecule has 7 nitrogen and oxygen atoms in total. The second-order valence-electron chi connectivity index (χ2n) is 8.96. The molecule has 1 unspecified atom stereocenters. The predicted octanol–water partition coefficient (Wildman–Crippen LogP) is 4.84. The molecule has 2 heterocycles. The van der Waals surface area contributed by atoms with Crippen molar-refractivity contribution in [2.75, 3.05) is 42.9 Å². The summed E-state index contributed by atoms with van der Waals surface area (Å²) in [7, 11) is 0.143. The van der Waals surface area contributed by atoms with Gasteiger partial charge >= 0.3 is 0 Å². The number of unbranched alkanes of at least 4 members (excludes halogenated alkanes) is 1. The number of methoxy groups -OCH3 is 1. The Morgan fingerprint density at radius 3 is 2.53 bits per heavy atom. The molecule has 0 radical (unpaired) electrons. The van der Waals surface area contributed by atoms with Crippen LogP contribution < -0.4 is 14.4 Å². The highest BCUT2D eigenvalue weighted by Crippen LogP contribution is 2.27. The maximum absolute atomic E-state index is 13.4. The molecule has 1 saturated heterocycles. The van der Waals surface area contributed by atoms with Gasteiger partial charge in [-0.25, -0.2) is 9.19 Å². The number of pyridine rings is 1. The van der Waals surface area contributed by atoms with Crippen LogP contribution >= 0.6 is 0 Å². The number of ether oxygens (including phenoxy) is 1. The summed E-state index contributed by atoms with van der Waals surface area (Å²) in [6.45, 7) is 6.65. The molecule has 1 aliphatic rings. The van der Waals surface area contributed by atoms with Crippen LogP contribution in [0.4, 0.5) is 11.4 Å². The van der Waals surface area contributed by atoms with Crippen molar-refractivity contribution in [1.82, 2.24) is 9.88 Å². The van der Waals surface area contributed by atoms with Gasteiger partial charge in [0.1, 0.15) is 11.0 Å². The van der Waals surface area contributed by atoms with Crippen LogP contribution in [-0.4, -0.2) is 53.3 Å². The minimum Gasteiger partial charge on any atom is -0.480 e.